The molecular formula is C21H20ClN3O2S. The summed E-state index contributed by atoms with van der Waals surface area (Å²) in [4.78, 5) is 30.1. The van der Waals surface area contributed by atoms with Gasteiger partial charge in [-0.25, -0.2) is 4.98 Å². The lowest BCUT2D eigenvalue weighted by Crippen LogP contribution is -2.26. The van der Waals surface area contributed by atoms with Gasteiger partial charge in [0.05, 0.1) is 16.2 Å². The Morgan fingerprint density at radius 2 is 2.14 bits per heavy atom. The van der Waals surface area contributed by atoms with E-state index in [-0.39, 0.29) is 11.5 Å². The first kappa shape index (κ1) is 20.2. The summed E-state index contributed by atoms with van der Waals surface area (Å²) in [6, 6.07) is 12.6. The highest BCUT2D eigenvalue weighted by Gasteiger charge is 2.19. The number of hydrogen-bond donors (Lipinski definition) is 1. The molecule has 2 aromatic carbocycles. The maximum atomic E-state index is 12.9. The van der Waals surface area contributed by atoms with Crippen LogP contribution in [-0.2, 0) is 11.3 Å². The standard InChI is InChI=1S/C21H20ClN3O2S/c1-4-10-25-20(27)17-12-15(22)8-9-18(17)24-21(25)28-14(3)19(26)23-16-7-5-6-13(2)11-16/h4-9,11-12,14H,1,10H2,2-3H3,(H,23,26)/t14-/m1/s1. The Bertz CT molecular complexity index is 1110. The molecule has 5 nitrogen and oxygen atoms in total. The van der Waals surface area contributed by atoms with Crippen LogP contribution in [0, 0.1) is 6.92 Å². The minimum Gasteiger partial charge on any atom is -0.325 e. The predicted octanol–water partition coefficient (Wildman–Crippen LogP) is 4.66. The van der Waals surface area contributed by atoms with E-state index in [1.54, 1.807) is 31.2 Å². The molecule has 0 bridgehead atoms. The summed E-state index contributed by atoms with van der Waals surface area (Å²) in [5, 5.41) is 3.83. The van der Waals surface area contributed by atoms with Crippen molar-refractivity contribution in [2.75, 3.05) is 5.32 Å². The number of aryl methyl sites for hydroxylation is 1. The van der Waals surface area contributed by atoms with Crippen molar-refractivity contribution >= 4 is 45.9 Å². The Morgan fingerprint density at radius 1 is 1.36 bits per heavy atom. The second kappa shape index (κ2) is 8.63. The lowest BCUT2D eigenvalue weighted by atomic mass is 10.2. The van der Waals surface area contributed by atoms with Gasteiger partial charge in [-0.15, -0.1) is 6.58 Å². The Morgan fingerprint density at radius 3 is 2.86 bits per heavy atom. The summed E-state index contributed by atoms with van der Waals surface area (Å²) in [7, 11) is 0. The lowest BCUT2D eigenvalue weighted by molar-refractivity contribution is -0.115. The van der Waals surface area contributed by atoms with Gasteiger partial charge in [0.2, 0.25) is 5.91 Å². The molecule has 0 aliphatic heterocycles. The number of hydrogen-bond acceptors (Lipinski definition) is 4. The van der Waals surface area contributed by atoms with Crippen LogP contribution in [0.2, 0.25) is 5.02 Å². The Hall–Kier alpha value is -2.57. The molecule has 3 aromatic rings. The molecule has 1 atom stereocenters. The maximum absolute atomic E-state index is 12.9. The van der Waals surface area contributed by atoms with Gasteiger partial charge in [-0.3, -0.25) is 14.2 Å². The average molecular weight is 414 g/mol. The number of carbonyl (C=O) groups is 1. The first-order chi connectivity index (χ1) is 13.4. The van der Waals surface area contributed by atoms with E-state index >= 15 is 0 Å². The van der Waals surface area contributed by atoms with Crippen LogP contribution in [0.4, 0.5) is 5.69 Å². The molecule has 0 radical (unpaired) electrons. The van der Waals surface area contributed by atoms with Crippen molar-refractivity contribution in [3.63, 3.8) is 0 Å². The van der Waals surface area contributed by atoms with Crippen LogP contribution in [0.15, 0.2) is 65.1 Å². The highest BCUT2D eigenvalue weighted by Crippen LogP contribution is 2.25. The fourth-order valence-corrected chi connectivity index (χ4v) is 3.82. The summed E-state index contributed by atoms with van der Waals surface area (Å²) >= 11 is 7.25. The number of benzene rings is 2. The quantitative estimate of drug-likeness (QED) is 0.362. The number of nitrogens with zero attached hydrogens (tertiary/aromatic N) is 2. The number of aromatic nitrogens is 2. The van der Waals surface area contributed by atoms with Gasteiger partial charge in [-0.05, 0) is 49.7 Å². The van der Waals surface area contributed by atoms with E-state index in [4.69, 9.17) is 11.6 Å². The highest BCUT2D eigenvalue weighted by atomic mass is 35.5. The number of allylic oxidation sites excluding steroid dienone is 1. The molecule has 0 aliphatic carbocycles. The summed E-state index contributed by atoms with van der Waals surface area (Å²) < 4.78 is 1.51. The molecule has 0 unspecified atom stereocenters. The van der Waals surface area contributed by atoms with Crippen LogP contribution in [0.3, 0.4) is 0 Å². The predicted molar refractivity (Wildman–Crippen MR) is 116 cm³/mol. The number of rotatable bonds is 6. The maximum Gasteiger partial charge on any atom is 0.262 e. The second-order valence-corrected chi connectivity index (χ2v) is 8.12. The molecular weight excluding hydrogens is 394 g/mol. The van der Waals surface area contributed by atoms with Gasteiger partial charge in [-0.1, -0.05) is 41.6 Å². The molecule has 7 heteroatoms. The summed E-state index contributed by atoms with van der Waals surface area (Å²) in [6.45, 7) is 7.76. The van der Waals surface area contributed by atoms with Gasteiger partial charge in [-0.2, -0.15) is 0 Å². The van der Waals surface area contributed by atoms with Crippen molar-refractivity contribution in [1.82, 2.24) is 9.55 Å². The number of anilines is 1. The van der Waals surface area contributed by atoms with Gasteiger partial charge in [0.25, 0.3) is 5.56 Å². The number of fused-ring (bicyclic) bond motifs is 1. The van der Waals surface area contributed by atoms with E-state index in [0.717, 1.165) is 11.3 Å². The fourth-order valence-electron chi connectivity index (χ4n) is 2.73. The molecule has 0 spiro atoms. The number of nitrogens with one attached hydrogen (secondary N) is 1. The molecule has 1 heterocycles. The van der Waals surface area contributed by atoms with Gasteiger partial charge in [0, 0.05) is 17.3 Å². The van der Waals surface area contributed by atoms with Crippen molar-refractivity contribution in [3.05, 3.63) is 76.1 Å². The van der Waals surface area contributed by atoms with E-state index in [1.165, 1.54) is 16.3 Å². The van der Waals surface area contributed by atoms with Crippen molar-refractivity contribution in [2.45, 2.75) is 30.8 Å². The topological polar surface area (TPSA) is 64.0 Å². The monoisotopic (exact) mass is 413 g/mol. The molecule has 1 N–H and O–H groups in total. The van der Waals surface area contributed by atoms with Crippen LogP contribution in [0.25, 0.3) is 10.9 Å². The summed E-state index contributed by atoms with van der Waals surface area (Å²) in [6.07, 6.45) is 1.63. The number of halogens is 1. The third-order valence-electron chi connectivity index (χ3n) is 4.13. The van der Waals surface area contributed by atoms with Crippen LogP contribution in [-0.4, -0.2) is 20.7 Å². The first-order valence-corrected chi connectivity index (χ1v) is 10.00. The van der Waals surface area contributed by atoms with Gasteiger partial charge >= 0.3 is 0 Å². The van der Waals surface area contributed by atoms with Crippen molar-refractivity contribution in [1.29, 1.82) is 0 Å². The highest BCUT2D eigenvalue weighted by molar-refractivity contribution is 8.00. The Labute approximate surface area is 172 Å². The molecule has 1 aromatic heterocycles. The first-order valence-electron chi connectivity index (χ1n) is 8.74. The average Bonchev–Trinajstić information content (AvgIpc) is 2.65. The SMILES string of the molecule is C=CCn1c(S[C@H](C)C(=O)Nc2cccc(C)c2)nc2ccc(Cl)cc2c1=O. The zero-order chi connectivity index (χ0) is 20.3. The van der Waals surface area contributed by atoms with Gasteiger partial charge < -0.3 is 5.32 Å². The number of thioether (sulfide) groups is 1. The number of amides is 1. The molecule has 144 valence electrons. The molecule has 0 saturated carbocycles. The van der Waals surface area contributed by atoms with E-state index in [2.05, 4.69) is 16.9 Å². The van der Waals surface area contributed by atoms with E-state index in [1.807, 2.05) is 31.2 Å². The normalized spacial score (nSPS) is 12.0. The van der Waals surface area contributed by atoms with Crippen LogP contribution < -0.4 is 10.9 Å². The Kier molecular flexibility index (Phi) is 6.21. The van der Waals surface area contributed by atoms with Crippen molar-refractivity contribution in [2.24, 2.45) is 0 Å². The summed E-state index contributed by atoms with van der Waals surface area (Å²) in [5.74, 6) is -0.161. The van der Waals surface area contributed by atoms with E-state index in [9.17, 15) is 9.59 Å². The minimum absolute atomic E-state index is 0.161. The fraction of sp³-hybridized carbons (Fsp3) is 0.190. The Balaban J connectivity index is 1.90. The van der Waals surface area contributed by atoms with Crippen LogP contribution in [0.5, 0.6) is 0 Å². The molecule has 0 aliphatic rings. The van der Waals surface area contributed by atoms with E-state index < -0.39 is 5.25 Å². The molecule has 0 saturated heterocycles. The van der Waals surface area contributed by atoms with Crippen LogP contribution in [0.1, 0.15) is 12.5 Å². The minimum atomic E-state index is -0.451. The molecule has 1 amide bonds. The van der Waals surface area contributed by atoms with Crippen LogP contribution >= 0.6 is 23.4 Å². The zero-order valence-corrected chi connectivity index (χ0v) is 17.2. The second-order valence-electron chi connectivity index (χ2n) is 6.38. The number of carbonyl (C=O) groups excluding carboxylic acids is 1. The molecule has 3 rings (SSSR count). The largest absolute Gasteiger partial charge is 0.325 e. The van der Waals surface area contributed by atoms with Crippen molar-refractivity contribution in [3.8, 4) is 0 Å². The van der Waals surface area contributed by atoms with Gasteiger partial charge in [0.15, 0.2) is 5.16 Å². The zero-order valence-electron chi connectivity index (χ0n) is 15.6. The third kappa shape index (κ3) is 4.46. The smallest absolute Gasteiger partial charge is 0.262 e. The molecule has 0 fully saturated rings. The van der Waals surface area contributed by atoms with Crippen molar-refractivity contribution < 1.29 is 4.79 Å². The van der Waals surface area contributed by atoms with Gasteiger partial charge in [0.1, 0.15) is 0 Å². The molecule has 28 heavy (non-hydrogen) atoms. The lowest BCUT2D eigenvalue weighted by Gasteiger charge is -2.16. The third-order valence-corrected chi connectivity index (χ3v) is 5.46. The summed E-state index contributed by atoms with van der Waals surface area (Å²) in [5.41, 5.74) is 2.14. The van der Waals surface area contributed by atoms with E-state index in [0.29, 0.717) is 27.6 Å².